The number of hydrogen-bond donors (Lipinski definition) is 3. The van der Waals surface area contributed by atoms with Gasteiger partial charge in [0.25, 0.3) is 0 Å². The van der Waals surface area contributed by atoms with E-state index in [1.54, 1.807) is 44.6 Å². The zero-order valence-corrected chi connectivity index (χ0v) is 15.4. The predicted molar refractivity (Wildman–Crippen MR) is 103 cm³/mol. The summed E-state index contributed by atoms with van der Waals surface area (Å²) >= 11 is 0. The highest BCUT2D eigenvalue weighted by atomic mass is 19.1. The third-order valence-corrected chi connectivity index (χ3v) is 4.52. The van der Waals surface area contributed by atoms with Gasteiger partial charge in [-0.15, -0.1) is 0 Å². The van der Waals surface area contributed by atoms with E-state index in [0.29, 0.717) is 36.2 Å². The van der Waals surface area contributed by atoms with Crippen molar-refractivity contribution in [1.29, 1.82) is 0 Å². The first-order valence-electron chi connectivity index (χ1n) is 8.79. The number of aliphatic imine (C=N–C) groups is 1. The van der Waals surface area contributed by atoms with Crippen LogP contribution in [0.15, 0.2) is 41.5 Å². The quantitative estimate of drug-likeness (QED) is 0.548. The number of anilines is 1. The molecule has 0 radical (unpaired) electrons. The molecular weight excluding hydrogens is 349 g/mol. The maximum absolute atomic E-state index is 13.9. The van der Waals surface area contributed by atoms with E-state index in [-0.39, 0.29) is 17.6 Å². The summed E-state index contributed by atoms with van der Waals surface area (Å²) in [5, 5.41) is 16.5. The van der Waals surface area contributed by atoms with Gasteiger partial charge in [0.2, 0.25) is 0 Å². The molecule has 7 nitrogen and oxygen atoms in total. The van der Waals surface area contributed by atoms with Gasteiger partial charge in [0, 0.05) is 44.5 Å². The minimum absolute atomic E-state index is 0.122. The van der Waals surface area contributed by atoms with Crippen molar-refractivity contribution >= 4 is 11.8 Å². The van der Waals surface area contributed by atoms with E-state index in [2.05, 4.69) is 20.6 Å². The number of nitrogens with one attached hydrogen (secondary N) is 2. The number of benzene rings is 1. The van der Waals surface area contributed by atoms with Gasteiger partial charge in [0.15, 0.2) is 17.6 Å². The number of hydrogen-bond acceptors (Lipinski definition) is 5. The third-order valence-electron chi connectivity index (χ3n) is 4.52. The summed E-state index contributed by atoms with van der Waals surface area (Å²) in [7, 11) is 3.27. The van der Waals surface area contributed by atoms with Gasteiger partial charge in [0.05, 0.1) is 7.11 Å². The SMILES string of the molecule is CN=C(NCc1cc(OC)ccc1O)NC1CCN(c2ncccc2F)C1. The molecule has 1 aromatic heterocycles. The first kappa shape index (κ1) is 18.8. The lowest BCUT2D eigenvalue weighted by Crippen LogP contribution is -2.44. The van der Waals surface area contributed by atoms with Crippen LogP contribution in [-0.4, -0.2) is 49.3 Å². The summed E-state index contributed by atoms with van der Waals surface area (Å²) in [5.74, 6) is 1.55. The lowest BCUT2D eigenvalue weighted by molar-refractivity contribution is 0.410. The number of rotatable bonds is 5. The first-order chi connectivity index (χ1) is 13.1. The van der Waals surface area contributed by atoms with Crippen LogP contribution in [0.2, 0.25) is 0 Å². The molecule has 0 spiro atoms. The minimum atomic E-state index is -0.311. The van der Waals surface area contributed by atoms with Gasteiger partial charge in [-0.05, 0) is 36.8 Å². The molecule has 1 saturated heterocycles. The van der Waals surface area contributed by atoms with Gasteiger partial charge in [-0.3, -0.25) is 4.99 Å². The van der Waals surface area contributed by atoms with E-state index in [1.165, 1.54) is 6.07 Å². The molecule has 2 heterocycles. The van der Waals surface area contributed by atoms with Crippen molar-refractivity contribution in [1.82, 2.24) is 15.6 Å². The number of aromatic hydroxyl groups is 1. The second kappa shape index (κ2) is 8.57. The Labute approximate surface area is 157 Å². The van der Waals surface area contributed by atoms with Gasteiger partial charge in [-0.2, -0.15) is 0 Å². The lowest BCUT2D eigenvalue weighted by atomic mass is 10.2. The van der Waals surface area contributed by atoms with Crippen molar-refractivity contribution in [3.05, 3.63) is 47.9 Å². The Balaban J connectivity index is 1.56. The summed E-state index contributed by atoms with van der Waals surface area (Å²) in [6, 6.07) is 8.21. The van der Waals surface area contributed by atoms with Crippen molar-refractivity contribution in [2.45, 2.75) is 19.0 Å². The molecule has 0 bridgehead atoms. The second-order valence-electron chi connectivity index (χ2n) is 6.31. The highest BCUT2D eigenvalue weighted by molar-refractivity contribution is 5.80. The molecule has 1 aliphatic rings. The molecule has 3 N–H and O–H groups in total. The summed E-state index contributed by atoms with van der Waals surface area (Å²) in [5.41, 5.74) is 0.709. The van der Waals surface area contributed by atoms with Gasteiger partial charge in [0.1, 0.15) is 11.5 Å². The molecule has 1 unspecified atom stereocenters. The molecule has 0 aliphatic carbocycles. The molecule has 27 heavy (non-hydrogen) atoms. The maximum atomic E-state index is 13.9. The fourth-order valence-corrected chi connectivity index (χ4v) is 3.08. The van der Waals surface area contributed by atoms with E-state index >= 15 is 0 Å². The molecule has 8 heteroatoms. The zero-order valence-electron chi connectivity index (χ0n) is 15.4. The van der Waals surface area contributed by atoms with Crippen LogP contribution >= 0.6 is 0 Å². The summed E-state index contributed by atoms with van der Waals surface area (Å²) in [4.78, 5) is 10.3. The Hall–Kier alpha value is -3.03. The van der Waals surface area contributed by atoms with E-state index in [9.17, 15) is 9.50 Å². The van der Waals surface area contributed by atoms with Crippen molar-refractivity contribution < 1.29 is 14.2 Å². The lowest BCUT2D eigenvalue weighted by Gasteiger charge is -2.20. The normalized spacial score (nSPS) is 17.1. The number of methoxy groups -OCH3 is 1. The number of phenolic OH excluding ortho intramolecular Hbond substituents is 1. The molecule has 0 saturated carbocycles. The van der Waals surface area contributed by atoms with Crippen LogP contribution < -0.4 is 20.3 Å². The predicted octanol–water partition coefficient (Wildman–Crippen LogP) is 1.88. The van der Waals surface area contributed by atoms with Crippen LogP contribution in [0.5, 0.6) is 11.5 Å². The molecule has 1 atom stereocenters. The highest BCUT2D eigenvalue weighted by Crippen LogP contribution is 2.23. The average Bonchev–Trinajstić information content (AvgIpc) is 3.14. The van der Waals surface area contributed by atoms with Crippen LogP contribution in [0.25, 0.3) is 0 Å². The van der Waals surface area contributed by atoms with Crippen LogP contribution in [0, 0.1) is 5.82 Å². The van der Waals surface area contributed by atoms with Gasteiger partial charge in [-0.1, -0.05) is 0 Å². The molecule has 0 amide bonds. The van der Waals surface area contributed by atoms with Crippen molar-refractivity contribution in [3.8, 4) is 11.5 Å². The van der Waals surface area contributed by atoms with Crippen LogP contribution in [0.3, 0.4) is 0 Å². The topological polar surface area (TPSA) is 82.0 Å². The molecule has 2 aromatic rings. The highest BCUT2D eigenvalue weighted by Gasteiger charge is 2.25. The van der Waals surface area contributed by atoms with Gasteiger partial charge in [-0.25, -0.2) is 9.37 Å². The Morgan fingerprint density at radius 1 is 1.44 bits per heavy atom. The van der Waals surface area contributed by atoms with E-state index in [4.69, 9.17) is 4.74 Å². The van der Waals surface area contributed by atoms with Crippen LogP contribution in [0.1, 0.15) is 12.0 Å². The van der Waals surface area contributed by atoms with E-state index in [0.717, 1.165) is 13.0 Å². The van der Waals surface area contributed by atoms with Crippen molar-refractivity contribution in [2.24, 2.45) is 4.99 Å². The van der Waals surface area contributed by atoms with Crippen LogP contribution in [-0.2, 0) is 6.54 Å². The Morgan fingerprint density at radius 2 is 2.30 bits per heavy atom. The third kappa shape index (κ3) is 4.58. The Kier molecular flexibility index (Phi) is 5.95. The summed E-state index contributed by atoms with van der Waals surface area (Å²) in [6.07, 6.45) is 2.45. The molecule has 1 aromatic carbocycles. The number of guanidine groups is 1. The summed E-state index contributed by atoms with van der Waals surface area (Å²) < 4.78 is 19.1. The van der Waals surface area contributed by atoms with Crippen LogP contribution in [0.4, 0.5) is 10.2 Å². The number of pyridine rings is 1. The largest absolute Gasteiger partial charge is 0.508 e. The Morgan fingerprint density at radius 3 is 3.04 bits per heavy atom. The minimum Gasteiger partial charge on any atom is -0.508 e. The number of halogens is 1. The van der Waals surface area contributed by atoms with E-state index in [1.807, 2.05) is 4.90 Å². The molecule has 1 aliphatic heterocycles. The molecule has 3 rings (SSSR count). The van der Waals surface area contributed by atoms with E-state index < -0.39 is 0 Å². The average molecular weight is 373 g/mol. The molecule has 1 fully saturated rings. The number of nitrogens with zero attached hydrogens (tertiary/aromatic N) is 3. The smallest absolute Gasteiger partial charge is 0.191 e. The summed E-state index contributed by atoms with van der Waals surface area (Å²) in [6.45, 7) is 1.76. The second-order valence-corrected chi connectivity index (χ2v) is 6.31. The number of aromatic nitrogens is 1. The monoisotopic (exact) mass is 373 g/mol. The van der Waals surface area contributed by atoms with Crippen molar-refractivity contribution in [3.63, 3.8) is 0 Å². The fourth-order valence-electron chi connectivity index (χ4n) is 3.08. The van der Waals surface area contributed by atoms with Gasteiger partial charge >= 0.3 is 0 Å². The maximum Gasteiger partial charge on any atom is 0.191 e. The Bertz CT molecular complexity index is 814. The molecular formula is C19H24FN5O2. The standard InChI is InChI=1S/C19H24FN5O2/c1-21-19(23-11-13-10-15(27-2)5-6-17(13)26)24-14-7-9-25(12-14)18-16(20)4-3-8-22-18/h3-6,8,10,14,26H,7,9,11-12H2,1-2H3,(H2,21,23,24). The number of phenols is 1. The van der Waals surface area contributed by atoms with Gasteiger partial charge < -0.3 is 25.4 Å². The number of ether oxygens (including phenoxy) is 1. The molecule has 144 valence electrons. The zero-order chi connectivity index (χ0) is 19.2. The first-order valence-corrected chi connectivity index (χ1v) is 8.79. The fraction of sp³-hybridized carbons (Fsp3) is 0.368. The van der Waals surface area contributed by atoms with Crippen molar-refractivity contribution in [2.75, 3.05) is 32.1 Å².